The predicted molar refractivity (Wildman–Crippen MR) is 196 cm³/mol. The number of aryl methyl sites for hydroxylation is 2. The lowest BCUT2D eigenvalue weighted by atomic mass is 9.56. The zero-order valence-electron chi connectivity index (χ0n) is 30.3. The van der Waals surface area contributed by atoms with Gasteiger partial charge in [0.15, 0.2) is 23.0 Å². The van der Waals surface area contributed by atoms with Crippen molar-refractivity contribution in [1.82, 2.24) is 23.5 Å². The minimum atomic E-state index is -1.36. The van der Waals surface area contributed by atoms with Crippen molar-refractivity contribution < 1.29 is 28.9 Å². The Kier molecular flexibility index (Phi) is 8.12. The van der Waals surface area contributed by atoms with Crippen LogP contribution in [0.4, 0.5) is 5.69 Å². The molecule has 2 fully saturated rings. The molecule has 278 valence electrons. The van der Waals surface area contributed by atoms with Crippen LogP contribution in [0.1, 0.15) is 36.6 Å². The van der Waals surface area contributed by atoms with Crippen molar-refractivity contribution in [1.29, 1.82) is 0 Å². The molecular weight excluding hydrogens is 696 g/mol. The van der Waals surface area contributed by atoms with E-state index in [1.165, 1.54) is 40.2 Å². The molecule has 3 aliphatic rings. The zero-order chi connectivity index (χ0) is 38.2. The number of carbonyl (C=O) groups excluding carboxylic acids is 2. The number of aromatic nitrogens is 5. The number of methoxy groups -OCH3 is 3. The molecule has 2 aromatic heterocycles. The Morgan fingerprint density at radius 2 is 1.59 bits per heavy atom. The molecule has 0 unspecified atom stereocenters. The Labute approximate surface area is 307 Å². The van der Waals surface area contributed by atoms with Crippen molar-refractivity contribution in [2.75, 3.05) is 26.2 Å². The standard InChI is InChI=1S/C39H38N6O9/c1-39-24(34(47)44(36(39)49)21-10-7-6-8-11-21)18-27-22(32(39)23-12-9-13-29(52-3)33(23)46)14-17-43-37(50)42(38(51)45(27)43)16-15-25-35(48)41(2)28-20-31(54-5)30(53-4)19-26(28)40-25/h6-14,19-20,24,27,32,46H,15-18H2,1-5H3/t24-,27+,32+,39+/m0/s1. The van der Waals surface area contributed by atoms with E-state index < -0.39 is 52.0 Å². The summed E-state index contributed by atoms with van der Waals surface area (Å²) in [5.74, 6) is -1.76. The number of ether oxygens (including phenoxy) is 3. The first-order chi connectivity index (χ1) is 26.0. The van der Waals surface area contributed by atoms with Crippen molar-refractivity contribution in [3.05, 3.63) is 115 Å². The van der Waals surface area contributed by atoms with Crippen molar-refractivity contribution in [3.63, 3.8) is 0 Å². The van der Waals surface area contributed by atoms with Gasteiger partial charge in [-0.25, -0.2) is 33.4 Å². The van der Waals surface area contributed by atoms with Crippen LogP contribution >= 0.6 is 0 Å². The Hall–Kier alpha value is -6.38. The number of nitrogens with zero attached hydrogens (tertiary/aromatic N) is 6. The van der Waals surface area contributed by atoms with Gasteiger partial charge < -0.3 is 23.9 Å². The number of hydrogen-bond acceptors (Lipinski definition) is 10. The van der Waals surface area contributed by atoms with Crippen LogP contribution in [0.2, 0.25) is 0 Å². The Balaban J connectivity index is 1.22. The van der Waals surface area contributed by atoms with E-state index >= 15 is 0 Å². The number of carbonyl (C=O) groups is 2. The van der Waals surface area contributed by atoms with Crippen LogP contribution in [0.25, 0.3) is 11.0 Å². The third-order valence-electron chi connectivity index (χ3n) is 11.4. The summed E-state index contributed by atoms with van der Waals surface area (Å²) >= 11 is 0. The predicted octanol–water partition coefficient (Wildman–Crippen LogP) is 2.90. The maximum Gasteiger partial charge on any atom is 0.347 e. The molecule has 4 heterocycles. The lowest BCUT2D eigenvalue weighted by Crippen LogP contribution is -2.49. The van der Waals surface area contributed by atoms with Crippen molar-refractivity contribution in [3.8, 4) is 23.0 Å². The molecule has 15 heteroatoms. The van der Waals surface area contributed by atoms with Gasteiger partial charge in [0.05, 0.1) is 62.0 Å². The van der Waals surface area contributed by atoms with Gasteiger partial charge >= 0.3 is 11.4 Å². The normalized spacial score (nSPS) is 21.8. The van der Waals surface area contributed by atoms with E-state index in [-0.39, 0.29) is 43.1 Å². The Bertz CT molecular complexity index is 2600. The summed E-state index contributed by atoms with van der Waals surface area (Å²) in [7, 11) is 6.02. The number of benzene rings is 3. The highest BCUT2D eigenvalue weighted by Gasteiger charge is 2.65. The molecule has 1 aliphatic carbocycles. The highest BCUT2D eigenvalue weighted by molar-refractivity contribution is 6.24. The molecule has 1 saturated heterocycles. The fourth-order valence-electron chi connectivity index (χ4n) is 8.71. The summed E-state index contributed by atoms with van der Waals surface area (Å²) in [5.41, 5.74) is -0.430. The zero-order valence-corrected chi connectivity index (χ0v) is 30.3. The molecule has 2 amide bonds. The average Bonchev–Trinajstić information content (AvgIpc) is 3.54. The average molecular weight is 735 g/mol. The van der Waals surface area contributed by atoms with Gasteiger partial charge in [-0.3, -0.25) is 14.4 Å². The molecule has 5 aromatic rings. The van der Waals surface area contributed by atoms with Crippen molar-refractivity contribution in [2.24, 2.45) is 18.4 Å². The summed E-state index contributed by atoms with van der Waals surface area (Å²) < 4.78 is 21.4. The van der Waals surface area contributed by atoms with Crippen molar-refractivity contribution in [2.45, 2.75) is 44.8 Å². The van der Waals surface area contributed by atoms with Gasteiger partial charge in [0.1, 0.15) is 5.69 Å². The van der Waals surface area contributed by atoms with Crippen molar-refractivity contribution >= 4 is 28.5 Å². The lowest BCUT2D eigenvalue weighted by molar-refractivity contribution is -0.129. The smallest absolute Gasteiger partial charge is 0.347 e. The fraction of sp³-hybridized carbons (Fsp3) is 0.333. The van der Waals surface area contributed by atoms with Crippen LogP contribution in [-0.2, 0) is 36.1 Å². The summed E-state index contributed by atoms with van der Waals surface area (Å²) in [5, 5.41) is 11.5. The minimum absolute atomic E-state index is 0.00294. The highest BCUT2D eigenvalue weighted by Crippen LogP contribution is 2.62. The van der Waals surface area contributed by atoms with Gasteiger partial charge in [-0.2, -0.15) is 0 Å². The second-order valence-corrected chi connectivity index (χ2v) is 13.9. The number of amides is 2. The van der Waals surface area contributed by atoms with E-state index in [9.17, 15) is 29.1 Å². The molecule has 1 N–H and O–H groups in total. The largest absolute Gasteiger partial charge is 0.504 e. The SMILES string of the molecule is COc1cc2nc(CCn3c(=O)n4n(c3=O)[C@@H]3C[C@H]5C(=O)N(c6ccccc6)C(=O)[C@@]5(C)[C@@H](c5cccc(OC)c5O)C3=CC4)c(=O)n(C)c2cc1OC. The Morgan fingerprint density at radius 3 is 2.30 bits per heavy atom. The molecule has 54 heavy (non-hydrogen) atoms. The van der Waals surface area contributed by atoms with Crippen LogP contribution in [0.3, 0.4) is 0 Å². The lowest BCUT2D eigenvalue weighted by Gasteiger charge is -2.47. The number of aromatic hydroxyl groups is 1. The highest BCUT2D eigenvalue weighted by atomic mass is 16.5. The number of imide groups is 1. The number of phenolic OH excluding ortho intramolecular Hbond substituents is 1. The molecule has 0 spiro atoms. The van der Waals surface area contributed by atoms with Gasteiger partial charge in [-0.15, -0.1) is 0 Å². The third-order valence-corrected chi connectivity index (χ3v) is 11.4. The molecule has 0 bridgehead atoms. The van der Waals surface area contributed by atoms with Crippen LogP contribution in [0.5, 0.6) is 23.0 Å². The maximum absolute atomic E-state index is 14.6. The second kappa shape index (κ2) is 12.6. The molecule has 3 aromatic carbocycles. The van der Waals surface area contributed by atoms with E-state index in [0.29, 0.717) is 39.4 Å². The first-order valence-corrected chi connectivity index (χ1v) is 17.5. The van der Waals surface area contributed by atoms with Gasteiger partial charge in [0.25, 0.3) is 5.56 Å². The number of fused-ring (bicyclic) bond motifs is 5. The molecule has 8 rings (SSSR count). The monoisotopic (exact) mass is 734 g/mol. The third kappa shape index (κ3) is 4.80. The quantitative estimate of drug-likeness (QED) is 0.185. The second-order valence-electron chi connectivity index (χ2n) is 13.9. The summed E-state index contributed by atoms with van der Waals surface area (Å²) in [6, 6.07) is 16.1. The molecule has 0 radical (unpaired) electrons. The topological polar surface area (TPSA) is 169 Å². The first kappa shape index (κ1) is 34.7. The van der Waals surface area contributed by atoms with Gasteiger partial charge in [-0.05, 0) is 37.1 Å². The van der Waals surface area contributed by atoms with Gasteiger partial charge in [0, 0.05) is 43.6 Å². The Morgan fingerprint density at radius 1 is 0.889 bits per heavy atom. The molecular formula is C39H38N6O9. The minimum Gasteiger partial charge on any atom is -0.504 e. The maximum atomic E-state index is 14.6. The van der Waals surface area contributed by atoms with Crippen LogP contribution in [0.15, 0.2) is 86.7 Å². The number of para-hydroxylation sites is 2. The first-order valence-electron chi connectivity index (χ1n) is 17.5. The van der Waals surface area contributed by atoms with Crippen LogP contribution < -0.4 is 36.0 Å². The van der Waals surface area contributed by atoms with Gasteiger partial charge in [-0.1, -0.05) is 36.4 Å². The fourth-order valence-corrected chi connectivity index (χ4v) is 8.71. The summed E-state index contributed by atoms with van der Waals surface area (Å²) in [6.45, 7) is 1.59. The number of hydrogen-bond donors (Lipinski definition) is 1. The van der Waals surface area contributed by atoms with E-state index in [2.05, 4.69) is 4.98 Å². The molecule has 15 nitrogen and oxygen atoms in total. The number of anilines is 1. The summed E-state index contributed by atoms with van der Waals surface area (Å²) in [4.78, 5) is 76.4. The van der Waals surface area contributed by atoms with Gasteiger partial charge in [0.2, 0.25) is 11.8 Å². The number of rotatable bonds is 8. The van der Waals surface area contributed by atoms with E-state index in [4.69, 9.17) is 14.2 Å². The van der Waals surface area contributed by atoms with E-state index in [1.807, 2.05) is 6.08 Å². The molecule has 1 saturated carbocycles. The molecule has 4 atom stereocenters. The van der Waals surface area contributed by atoms with E-state index in [1.54, 1.807) is 74.6 Å². The number of phenols is 1. The number of allylic oxidation sites excluding steroid dienone is 2. The van der Waals surface area contributed by atoms with E-state index in [0.717, 1.165) is 4.57 Å². The molecule has 2 aliphatic heterocycles. The van der Waals surface area contributed by atoms with Crippen LogP contribution in [-0.4, -0.2) is 61.7 Å². The van der Waals surface area contributed by atoms with Crippen LogP contribution in [0, 0.1) is 11.3 Å². The summed E-state index contributed by atoms with van der Waals surface area (Å²) in [6.07, 6.45) is 1.84.